The number of ether oxygens (including phenoxy) is 1. The molecule has 0 aliphatic carbocycles. The molecule has 0 saturated heterocycles. The molecule has 0 aliphatic heterocycles. The minimum Gasteiger partial charge on any atom is -0.497 e. The van der Waals surface area contributed by atoms with Crippen LogP contribution in [0.1, 0.15) is 17.3 Å². The molecule has 25 heavy (non-hydrogen) atoms. The molecule has 3 aromatic rings. The maximum absolute atomic E-state index is 12.0. The minimum atomic E-state index is -0.502. The molecular weight excluding hydrogens is 318 g/mol. The Kier molecular flexibility index (Phi) is 4.39. The zero-order chi connectivity index (χ0) is 18.0. The smallest absolute Gasteiger partial charge is 0.338 e. The number of fused-ring (bicyclic) bond motifs is 1. The topological polar surface area (TPSA) is 59.8 Å². The van der Waals surface area contributed by atoms with Crippen molar-refractivity contribution < 1.29 is 13.9 Å². The summed E-state index contributed by atoms with van der Waals surface area (Å²) in [4.78, 5) is 25.4. The van der Waals surface area contributed by atoms with Crippen molar-refractivity contribution >= 4 is 28.1 Å². The Labute approximate surface area is 144 Å². The molecule has 1 heterocycles. The van der Waals surface area contributed by atoms with Crippen molar-refractivity contribution in [2.75, 3.05) is 12.0 Å². The van der Waals surface area contributed by atoms with Crippen LogP contribution in [0.15, 0.2) is 70.5 Å². The highest BCUT2D eigenvalue weighted by atomic mass is 16.5. The molecular formula is C20H17NO4. The van der Waals surface area contributed by atoms with E-state index in [4.69, 9.17) is 9.15 Å². The summed E-state index contributed by atoms with van der Waals surface area (Å²) in [5.74, 6) is 0.596. The zero-order valence-corrected chi connectivity index (χ0v) is 14.0. The van der Waals surface area contributed by atoms with Crippen LogP contribution < -0.4 is 15.3 Å². The Hall–Kier alpha value is -3.34. The van der Waals surface area contributed by atoms with Gasteiger partial charge in [-0.05, 0) is 31.2 Å². The number of ketones is 1. The monoisotopic (exact) mass is 335 g/mol. The second-order valence-corrected chi connectivity index (χ2v) is 5.47. The number of nitrogens with zero attached hydrogens (tertiary/aromatic N) is 1. The van der Waals surface area contributed by atoms with Crippen LogP contribution in [0.5, 0.6) is 5.75 Å². The molecule has 0 fully saturated rings. The van der Waals surface area contributed by atoms with Gasteiger partial charge in [0.25, 0.3) is 0 Å². The Balaban J connectivity index is 2.23. The number of rotatable bonds is 5. The molecule has 0 bridgehead atoms. The third-order valence-electron chi connectivity index (χ3n) is 3.90. The molecule has 0 radical (unpaired) electrons. The van der Waals surface area contributed by atoms with E-state index < -0.39 is 5.63 Å². The van der Waals surface area contributed by atoms with Gasteiger partial charge in [0.15, 0.2) is 5.78 Å². The van der Waals surface area contributed by atoms with Gasteiger partial charge in [-0.25, -0.2) is 4.79 Å². The molecule has 0 aliphatic rings. The molecule has 2 aromatic carbocycles. The van der Waals surface area contributed by atoms with Gasteiger partial charge in [-0.3, -0.25) is 4.79 Å². The summed E-state index contributed by atoms with van der Waals surface area (Å²) in [6.07, 6.45) is 1.61. The van der Waals surface area contributed by atoms with Gasteiger partial charge in [0, 0.05) is 35.0 Å². The summed E-state index contributed by atoms with van der Waals surface area (Å²) in [5.41, 5.74) is 1.74. The van der Waals surface area contributed by atoms with E-state index in [1.54, 1.807) is 36.4 Å². The van der Waals surface area contributed by atoms with E-state index in [0.29, 0.717) is 28.0 Å². The van der Waals surface area contributed by atoms with E-state index in [2.05, 4.69) is 6.58 Å². The van der Waals surface area contributed by atoms with Crippen molar-refractivity contribution in [3.63, 3.8) is 0 Å². The van der Waals surface area contributed by atoms with E-state index in [-0.39, 0.29) is 5.78 Å². The fraction of sp³-hybridized carbons (Fsp3) is 0.100. The highest BCUT2D eigenvalue weighted by Crippen LogP contribution is 2.33. The van der Waals surface area contributed by atoms with E-state index in [1.807, 2.05) is 24.3 Å². The predicted octanol–water partition coefficient (Wildman–Crippen LogP) is 4.29. The van der Waals surface area contributed by atoms with Crippen molar-refractivity contribution in [3.05, 3.63) is 77.3 Å². The summed E-state index contributed by atoms with van der Waals surface area (Å²) >= 11 is 0. The molecule has 3 rings (SSSR count). The van der Waals surface area contributed by atoms with E-state index in [1.165, 1.54) is 13.0 Å². The number of hydrogen-bond acceptors (Lipinski definition) is 5. The van der Waals surface area contributed by atoms with E-state index in [0.717, 1.165) is 5.69 Å². The molecule has 0 unspecified atom stereocenters. The second-order valence-electron chi connectivity index (χ2n) is 5.47. The Bertz CT molecular complexity index is 1020. The Morgan fingerprint density at radius 3 is 2.68 bits per heavy atom. The summed E-state index contributed by atoms with van der Waals surface area (Å²) in [6, 6.07) is 13.9. The van der Waals surface area contributed by atoms with Crippen LogP contribution in [0.2, 0.25) is 0 Å². The molecule has 5 nitrogen and oxygen atoms in total. The van der Waals surface area contributed by atoms with Gasteiger partial charge < -0.3 is 14.1 Å². The summed E-state index contributed by atoms with van der Waals surface area (Å²) in [6.45, 7) is 5.32. The number of carbonyl (C=O) groups excluding carboxylic acids is 1. The molecule has 0 spiro atoms. The van der Waals surface area contributed by atoms with Gasteiger partial charge in [-0.15, -0.1) is 0 Å². The summed E-state index contributed by atoms with van der Waals surface area (Å²) < 4.78 is 10.5. The zero-order valence-electron chi connectivity index (χ0n) is 14.0. The number of hydrogen-bond donors (Lipinski definition) is 0. The quantitative estimate of drug-likeness (QED) is 0.514. The maximum atomic E-state index is 12.0. The standard InChI is InChI=1S/C20H17NO4/c1-4-21(15-6-5-7-16(11-15)24-3)18-12-20(23)25-19-10-14(13(2)22)8-9-17(18)19/h4-12H,1H2,2-3H3. The summed E-state index contributed by atoms with van der Waals surface area (Å²) in [7, 11) is 1.59. The minimum absolute atomic E-state index is 0.0941. The third kappa shape index (κ3) is 3.17. The number of methoxy groups -OCH3 is 1. The van der Waals surface area contributed by atoms with Gasteiger partial charge in [0.1, 0.15) is 11.3 Å². The second kappa shape index (κ2) is 6.65. The normalized spacial score (nSPS) is 10.5. The number of carbonyl (C=O) groups is 1. The van der Waals surface area contributed by atoms with Crippen molar-refractivity contribution in [1.29, 1.82) is 0 Å². The predicted molar refractivity (Wildman–Crippen MR) is 97.8 cm³/mol. The van der Waals surface area contributed by atoms with Crippen LogP contribution in [-0.4, -0.2) is 12.9 Å². The van der Waals surface area contributed by atoms with Crippen LogP contribution in [0.3, 0.4) is 0 Å². The van der Waals surface area contributed by atoms with Crippen LogP contribution in [-0.2, 0) is 0 Å². The molecule has 1 aromatic heterocycles. The number of Topliss-reactive ketones (excluding diaryl/α,β-unsaturated/α-hetero) is 1. The number of anilines is 2. The molecule has 0 N–H and O–H groups in total. The first-order valence-corrected chi connectivity index (χ1v) is 7.68. The fourth-order valence-electron chi connectivity index (χ4n) is 2.67. The van der Waals surface area contributed by atoms with Crippen molar-refractivity contribution in [3.8, 4) is 5.75 Å². The van der Waals surface area contributed by atoms with Crippen LogP contribution in [0.25, 0.3) is 11.0 Å². The third-order valence-corrected chi connectivity index (χ3v) is 3.90. The molecule has 0 amide bonds. The molecule has 126 valence electrons. The molecule has 0 atom stereocenters. The molecule has 5 heteroatoms. The lowest BCUT2D eigenvalue weighted by Crippen LogP contribution is -2.12. The van der Waals surface area contributed by atoms with E-state index in [9.17, 15) is 9.59 Å². The lowest BCUT2D eigenvalue weighted by molar-refractivity contribution is 0.101. The Morgan fingerprint density at radius 2 is 2.00 bits per heavy atom. The largest absolute Gasteiger partial charge is 0.497 e. The van der Waals surface area contributed by atoms with Gasteiger partial charge in [0.05, 0.1) is 12.8 Å². The van der Waals surface area contributed by atoms with Gasteiger partial charge >= 0.3 is 5.63 Å². The highest BCUT2D eigenvalue weighted by molar-refractivity contribution is 6.00. The average Bonchev–Trinajstić information content (AvgIpc) is 2.61. The van der Waals surface area contributed by atoms with Gasteiger partial charge in [0.2, 0.25) is 0 Å². The van der Waals surface area contributed by atoms with Crippen molar-refractivity contribution in [2.24, 2.45) is 0 Å². The fourth-order valence-corrected chi connectivity index (χ4v) is 2.67. The molecule has 0 saturated carbocycles. The van der Waals surface area contributed by atoms with E-state index >= 15 is 0 Å². The van der Waals surface area contributed by atoms with Crippen LogP contribution in [0.4, 0.5) is 11.4 Å². The first-order valence-electron chi connectivity index (χ1n) is 7.68. The Morgan fingerprint density at radius 1 is 1.20 bits per heavy atom. The van der Waals surface area contributed by atoms with Gasteiger partial charge in [-0.1, -0.05) is 18.7 Å². The number of benzene rings is 2. The highest BCUT2D eigenvalue weighted by Gasteiger charge is 2.14. The first-order chi connectivity index (χ1) is 12.0. The average molecular weight is 335 g/mol. The van der Waals surface area contributed by atoms with Crippen molar-refractivity contribution in [2.45, 2.75) is 6.92 Å². The van der Waals surface area contributed by atoms with Crippen LogP contribution in [0, 0.1) is 0 Å². The maximum Gasteiger partial charge on any atom is 0.338 e. The lowest BCUT2D eigenvalue weighted by Gasteiger charge is -2.22. The lowest BCUT2D eigenvalue weighted by atomic mass is 10.1. The summed E-state index contributed by atoms with van der Waals surface area (Å²) in [5, 5.41) is 0.701. The van der Waals surface area contributed by atoms with Gasteiger partial charge in [-0.2, -0.15) is 0 Å². The van der Waals surface area contributed by atoms with Crippen molar-refractivity contribution in [1.82, 2.24) is 0 Å². The first kappa shape index (κ1) is 16.5. The van der Waals surface area contributed by atoms with Crippen LogP contribution >= 0.6 is 0 Å². The SMILES string of the molecule is C=CN(c1cccc(OC)c1)c1cc(=O)oc2cc(C(C)=O)ccc12.